The highest BCUT2D eigenvalue weighted by molar-refractivity contribution is 6.31. The smallest absolute Gasteiger partial charge is 0.127 e. The summed E-state index contributed by atoms with van der Waals surface area (Å²) < 4.78 is 11.0. The number of anilines is 1. The van der Waals surface area contributed by atoms with Crippen LogP contribution in [0.3, 0.4) is 0 Å². The van der Waals surface area contributed by atoms with E-state index in [4.69, 9.17) is 37.8 Å². The van der Waals surface area contributed by atoms with Gasteiger partial charge in [0.2, 0.25) is 0 Å². The molecule has 0 saturated carbocycles. The number of nitrogens with zero attached hydrogens (tertiary/aromatic N) is 2. The van der Waals surface area contributed by atoms with Crippen molar-refractivity contribution in [1.29, 1.82) is 0 Å². The Hall–Kier alpha value is -2.69. The Balaban J connectivity index is 1.77. The molecule has 4 nitrogen and oxygen atoms in total. The van der Waals surface area contributed by atoms with Crippen LogP contribution in [0.15, 0.2) is 71.8 Å². The number of ether oxygens (including phenoxy) is 2. The van der Waals surface area contributed by atoms with Crippen molar-refractivity contribution in [3.63, 3.8) is 0 Å². The van der Waals surface area contributed by atoms with E-state index >= 15 is 0 Å². The minimum atomic E-state index is -0.0253. The van der Waals surface area contributed by atoms with Crippen molar-refractivity contribution >= 4 is 34.6 Å². The monoisotopic (exact) mass is 426 g/mol. The number of hydrogen-bond donors (Lipinski definition) is 0. The summed E-state index contributed by atoms with van der Waals surface area (Å²) in [5.41, 5.74) is 4.03. The SMILES string of the molecule is COc1ccc([C@H]2CC(c3ccc(Cl)cc3)=NN2c2ccc(Cl)cc2)c(OC)c1. The molecule has 0 radical (unpaired) electrons. The van der Waals surface area contributed by atoms with Gasteiger partial charge < -0.3 is 9.47 Å². The summed E-state index contributed by atoms with van der Waals surface area (Å²) in [7, 11) is 3.31. The molecule has 0 spiro atoms. The van der Waals surface area contributed by atoms with E-state index in [0.29, 0.717) is 10.0 Å². The maximum Gasteiger partial charge on any atom is 0.127 e. The van der Waals surface area contributed by atoms with E-state index < -0.39 is 0 Å². The Bertz CT molecular complexity index is 1030. The fourth-order valence-electron chi connectivity index (χ4n) is 3.49. The van der Waals surface area contributed by atoms with Crippen LogP contribution in [0, 0.1) is 0 Å². The first-order valence-electron chi connectivity index (χ1n) is 9.19. The lowest BCUT2D eigenvalue weighted by Gasteiger charge is -2.25. The van der Waals surface area contributed by atoms with Gasteiger partial charge in [-0.1, -0.05) is 35.3 Å². The average Bonchev–Trinajstić information content (AvgIpc) is 3.19. The zero-order valence-corrected chi connectivity index (χ0v) is 17.6. The molecule has 29 heavy (non-hydrogen) atoms. The van der Waals surface area contributed by atoms with E-state index in [2.05, 4.69) is 0 Å². The van der Waals surface area contributed by atoms with Gasteiger partial charge in [-0.2, -0.15) is 5.10 Å². The first kappa shape index (κ1) is 19.6. The predicted octanol–water partition coefficient (Wildman–Crippen LogP) is 6.37. The Morgan fingerprint density at radius 2 is 1.52 bits per heavy atom. The highest BCUT2D eigenvalue weighted by Gasteiger charge is 2.32. The summed E-state index contributed by atoms with van der Waals surface area (Å²) in [6.07, 6.45) is 0.729. The zero-order chi connectivity index (χ0) is 20.4. The van der Waals surface area contributed by atoms with Gasteiger partial charge in [0.25, 0.3) is 0 Å². The molecule has 0 unspecified atom stereocenters. The summed E-state index contributed by atoms with van der Waals surface area (Å²) in [5, 5.41) is 8.35. The number of benzene rings is 3. The topological polar surface area (TPSA) is 34.1 Å². The zero-order valence-electron chi connectivity index (χ0n) is 16.1. The highest BCUT2D eigenvalue weighted by atomic mass is 35.5. The molecular weight excluding hydrogens is 407 g/mol. The second kappa shape index (κ2) is 8.36. The molecule has 1 heterocycles. The van der Waals surface area contributed by atoms with Crippen LogP contribution in [0.4, 0.5) is 5.69 Å². The number of hydrazone groups is 1. The van der Waals surface area contributed by atoms with E-state index in [9.17, 15) is 0 Å². The summed E-state index contributed by atoms with van der Waals surface area (Å²) in [4.78, 5) is 0. The van der Waals surface area contributed by atoms with Crippen molar-refractivity contribution in [2.24, 2.45) is 5.10 Å². The molecule has 0 aromatic heterocycles. The van der Waals surface area contributed by atoms with Gasteiger partial charge in [-0.15, -0.1) is 0 Å². The van der Waals surface area contributed by atoms with E-state index in [-0.39, 0.29) is 6.04 Å². The van der Waals surface area contributed by atoms with Crippen LogP contribution < -0.4 is 14.5 Å². The molecular formula is C23H20Cl2N2O2. The number of hydrogen-bond acceptors (Lipinski definition) is 4. The van der Waals surface area contributed by atoms with Crippen LogP contribution in [0.2, 0.25) is 10.0 Å². The summed E-state index contributed by atoms with van der Waals surface area (Å²) in [5.74, 6) is 1.52. The largest absolute Gasteiger partial charge is 0.497 e. The van der Waals surface area contributed by atoms with Crippen LogP contribution in [0.25, 0.3) is 0 Å². The molecule has 3 aromatic rings. The first-order valence-corrected chi connectivity index (χ1v) is 9.95. The average molecular weight is 427 g/mol. The Morgan fingerprint density at radius 1 is 0.862 bits per heavy atom. The second-order valence-corrected chi connectivity index (χ2v) is 7.58. The second-order valence-electron chi connectivity index (χ2n) is 6.70. The summed E-state index contributed by atoms with van der Waals surface area (Å²) in [6.45, 7) is 0. The Morgan fingerprint density at radius 3 is 2.14 bits per heavy atom. The molecule has 1 aliphatic rings. The third kappa shape index (κ3) is 4.04. The highest BCUT2D eigenvalue weighted by Crippen LogP contribution is 2.41. The van der Waals surface area contributed by atoms with Crippen molar-refractivity contribution < 1.29 is 9.47 Å². The van der Waals surface area contributed by atoms with Gasteiger partial charge in [-0.25, -0.2) is 0 Å². The van der Waals surface area contributed by atoms with Gasteiger partial charge in [0.15, 0.2) is 0 Å². The minimum Gasteiger partial charge on any atom is -0.497 e. The number of rotatable bonds is 5. The molecule has 3 aromatic carbocycles. The molecule has 0 fully saturated rings. The fraction of sp³-hybridized carbons (Fsp3) is 0.174. The minimum absolute atomic E-state index is 0.0253. The molecule has 148 valence electrons. The molecule has 0 saturated heterocycles. The normalized spacial score (nSPS) is 15.9. The van der Waals surface area contributed by atoms with Crippen LogP contribution in [0.1, 0.15) is 23.6 Å². The van der Waals surface area contributed by atoms with Crippen LogP contribution in [0.5, 0.6) is 11.5 Å². The molecule has 0 aliphatic carbocycles. The lowest BCUT2D eigenvalue weighted by molar-refractivity contribution is 0.388. The molecule has 6 heteroatoms. The Kier molecular flexibility index (Phi) is 5.65. The quantitative estimate of drug-likeness (QED) is 0.475. The fourth-order valence-corrected chi connectivity index (χ4v) is 3.75. The van der Waals surface area contributed by atoms with Crippen LogP contribution >= 0.6 is 23.2 Å². The molecule has 1 atom stereocenters. The van der Waals surface area contributed by atoms with Crippen molar-refractivity contribution in [1.82, 2.24) is 0 Å². The first-order chi connectivity index (χ1) is 14.1. The molecule has 0 N–H and O–H groups in total. The third-order valence-corrected chi connectivity index (χ3v) is 5.48. The van der Waals surface area contributed by atoms with Crippen molar-refractivity contribution in [2.75, 3.05) is 19.2 Å². The maximum absolute atomic E-state index is 6.09. The Labute approximate surface area is 180 Å². The van der Waals surface area contributed by atoms with E-state index in [0.717, 1.165) is 40.4 Å². The van der Waals surface area contributed by atoms with Gasteiger partial charge in [0.1, 0.15) is 11.5 Å². The van der Waals surface area contributed by atoms with Gasteiger partial charge in [0, 0.05) is 28.1 Å². The van der Waals surface area contributed by atoms with Crippen molar-refractivity contribution in [2.45, 2.75) is 12.5 Å². The molecule has 0 bridgehead atoms. The third-order valence-electron chi connectivity index (χ3n) is 4.98. The molecule has 4 rings (SSSR count). The van der Waals surface area contributed by atoms with Crippen molar-refractivity contribution in [3.05, 3.63) is 87.9 Å². The van der Waals surface area contributed by atoms with Crippen LogP contribution in [-0.2, 0) is 0 Å². The van der Waals surface area contributed by atoms with E-state index in [1.54, 1.807) is 14.2 Å². The molecule has 1 aliphatic heterocycles. The summed E-state index contributed by atoms with van der Waals surface area (Å²) in [6, 6.07) is 21.3. The predicted molar refractivity (Wildman–Crippen MR) is 119 cm³/mol. The standard InChI is InChI=1S/C23H20Cl2N2O2/c1-28-19-11-12-20(23(13-19)29-2)22-14-21(15-3-5-16(24)6-4-15)26-27(22)18-9-7-17(25)8-10-18/h3-13,22H,14H2,1-2H3/t22-/m1/s1. The number of methoxy groups -OCH3 is 2. The van der Waals surface area contributed by atoms with Gasteiger partial charge in [-0.3, -0.25) is 5.01 Å². The van der Waals surface area contributed by atoms with E-state index in [1.807, 2.05) is 71.7 Å². The van der Waals surface area contributed by atoms with Crippen molar-refractivity contribution in [3.8, 4) is 11.5 Å². The van der Waals surface area contributed by atoms with Gasteiger partial charge in [0.05, 0.1) is 31.7 Å². The number of halogens is 2. The van der Waals surface area contributed by atoms with E-state index in [1.165, 1.54) is 0 Å². The maximum atomic E-state index is 6.09. The molecule has 0 amide bonds. The summed E-state index contributed by atoms with van der Waals surface area (Å²) >= 11 is 12.2. The van der Waals surface area contributed by atoms with Gasteiger partial charge >= 0.3 is 0 Å². The van der Waals surface area contributed by atoms with Crippen LogP contribution in [-0.4, -0.2) is 19.9 Å². The van der Waals surface area contributed by atoms with Gasteiger partial charge in [-0.05, 0) is 54.1 Å². The lowest BCUT2D eigenvalue weighted by atomic mass is 9.97. The lowest BCUT2D eigenvalue weighted by Crippen LogP contribution is -2.19.